The van der Waals surface area contributed by atoms with Crippen molar-refractivity contribution in [3.63, 3.8) is 0 Å². The molecule has 10 nitrogen and oxygen atoms in total. The highest BCUT2D eigenvalue weighted by Crippen LogP contribution is 2.34. The van der Waals surface area contributed by atoms with E-state index in [0.717, 1.165) is 35.2 Å². The Morgan fingerprint density at radius 2 is 1.88 bits per heavy atom. The fraction of sp³-hybridized carbons (Fsp3) is 0.208. The van der Waals surface area contributed by atoms with Crippen LogP contribution >= 0.6 is 0 Å². The Morgan fingerprint density at radius 1 is 1.03 bits per heavy atom. The standard InChI is InChI=1S/C24H22N8O2/c1-14-20(9-18(12-27-14)30-23(33)17-11-29-32(13-17)19-3-4-19)21-8-16(10-28-31-21)15-5-6-26-22(7-15)24(34)25-2/h5-13,19H,3-4H2,1-2H3,(H,25,34)(H,30,33). The Labute approximate surface area is 195 Å². The summed E-state index contributed by atoms with van der Waals surface area (Å²) >= 11 is 0. The van der Waals surface area contributed by atoms with Crippen LogP contribution in [-0.4, -0.2) is 48.8 Å². The third-order valence-electron chi connectivity index (χ3n) is 5.61. The molecule has 4 aromatic rings. The van der Waals surface area contributed by atoms with Gasteiger partial charge in [-0.3, -0.25) is 24.2 Å². The van der Waals surface area contributed by atoms with Gasteiger partial charge in [-0.25, -0.2) is 0 Å². The van der Waals surface area contributed by atoms with Gasteiger partial charge in [-0.15, -0.1) is 0 Å². The van der Waals surface area contributed by atoms with Gasteiger partial charge in [0.05, 0.1) is 41.6 Å². The molecule has 0 bridgehead atoms. The minimum absolute atomic E-state index is 0.248. The van der Waals surface area contributed by atoms with Crippen LogP contribution in [-0.2, 0) is 0 Å². The highest BCUT2D eigenvalue weighted by Gasteiger charge is 2.25. The second-order valence-corrected chi connectivity index (χ2v) is 8.09. The van der Waals surface area contributed by atoms with Crippen molar-refractivity contribution in [1.29, 1.82) is 0 Å². The SMILES string of the molecule is CNC(=O)c1cc(-c2cnnc(-c3cc(NC(=O)c4cnn(C5CC5)c4)cnc3C)c2)ccn1. The molecule has 0 aliphatic heterocycles. The lowest BCUT2D eigenvalue weighted by Crippen LogP contribution is -2.19. The predicted octanol–water partition coefficient (Wildman–Crippen LogP) is 3.05. The molecule has 1 saturated carbocycles. The van der Waals surface area contributed by atoms with E-state index < -0.39 is 0 Å². The number of hydrogen-bond acceptors (Lipinski definition) is 7. The third kappa shape index (κ3) is 4.38. The highest BCUT2D eigenvalue weighted by atomic mass is 16.2. The molecule has 1 aliphatic rings. The Balaban J connectivity index is 1.41. The van der Waals surface area contributed by atoms with Gasteiger partial charge >= 0.3 is 0 Å². The number of aromatic nitrogens is 6. The fourth-order valence-corrected chi connectivity index (χ4v) is 3.58. The quantitative estimate of drug-likeness (QED) is 0.458. The second-order valence-electron chi connectivity index (χ2n) is 8.09. The summed E-state index contributed by atoms with van der Waals surface area (Å²) in [4.78, 5) is 33.2. The number of carbonyl (C=O) groups excluding carboxylic acids is 2. The first-order valence-electron chi connectivity index (χ1n) is 10.9. The lowest BCUT2D eigenvalue weighted by molar-refractivity contribution is 0.0957. The van der Waals surface area contributed by atoms with E-state index >= 15 is 0 Å². The molecule has 4 aromatic heterocycles. The zero-order valence-electron chi connectivity index (χ0n) is 18.7. The zero-order chi connectivity index (χ0) is 23.7. The molecule has 0 radical (unpaired) electrons. The molecule has 0 atom stereocenters. The van der Waals surface area contributed by atoms with E-state index in [4.69, 9.17) is 0 Å². The van der Waals surface area contributed by atoms with Gasteiger partial charge in [0.25, 0.3) is 11.8 Å². The van der Waals surface area contributed by atoms with Crippen LogP contribution in [0.1, 0.15) is 45.4 Å². The summed E-state index contributed by atoms with van der Waals surface area (Å²) in [7, 11) is 1.56. The normalized spacial score (nSPS) is 12.9. The summed E-state index contributed by atoms with van der Waals surface area (Å²) in [6, 6.07) is 7.60. The first-order chi connectivity index (χ1) is 16.5. The molecule has 0 saturated heterocycles. The zero-order valence-corrected chi connectivity index (χ0v) is 18.7. The molecule has 5 rings (SSSR count). The number of rotatable bonds is 6. The highest BCUT2D eigenvalue weighted by molar-refractivity contribution is 6.04. The molecule has 0 aromatic carbocycles. The van der Waals surface area contributed by atoms with Crippen LogP contribution < -0.4 is 10.6 Å². The lowest BCUT2D eigenvalue weighted by atomic mass is 10.0. The molecule has 0 spiro atoms. The number of nitrogens with one attached hydrogen (secondary N) is 2. The minimum atomic E-state index is -0.268. The molecule has 10 heteroatoms. The average Bonchev–Trinajstić information content (AvgIpc) is 3.60. The van der Waals surface area contributed by atoms with E-state index in [9.17, 15) is 9.59 Å². The van der Waals surface area contributed by atoms with Gasteiger partial charge in [-0.1, -0.05) is 0 Å². The Bertz CT molecular complexity index is 1390. The van der Waals surface area contributed by atoms with Crippen molar-refractivity contribution in [1.82, 2.24) is 35.3 Å². The molecule has 2 N–H and O–H groups in total. The number of amides is 2. The van der Waals surface area contributed by atoms with E-state index in [2.05, 4.69) is 35.9 Å². The van der Waals surface area contributed by atoms with Crippen molar-refractivity contribution in [3.8, 4) is 22.4 Å². The second kappa shape index (κ2) is 8.81. The van der Waals surface area contributed by atoms with E-state index in [1.165, 1.54) is 0 Å². The van der Waals surface area contributed by atoms with Gasteiger partial charge in [0.1, 0.15) is 5.69 Å². The van der Waals surface area contributed by atoms with E-state index in [1.807, 2.05) is 23.7 Å². The van der Waals surface area contributed by atoms with Crippen LogP contribution in [0.3, 0.4) is 0 Å². The monoisotopic (exact) mass is 454 g/mol. The first-order valence-corrected chi connectivity index (χ1v) is 10.9. The molecular weight excluding hydrogens is 432 g/mol. The summed E-state index contributed by atoms with van der Waals surface area (Å²) in [5.41, 5.74) is 4.99. The summed E-state index contributed by atoms with van der Waals surface area (Å²) in [5, 5.41) is 18.1. The molecule has 4 heterocycles. The molecule has 170 valence electrons. The predicted molar refractivity (Wildman–Crippen MR) is 125 cm³/mol. The number of carbonyl (C=O) groups is 2. The Hall–Kier alpha value is -4.47. The van der Waals surface area contributed by atoms with Crippen molar-refractivity contribution in [3.05, 3.63) is 72.2 Å². The van der Waals surface area contributed by atoms with Crippen molar-refractivity contribution in [2.75, 3.05) is 12.4 Å². The van der Waals surface area contributed by atoms with Gasteiger partial charge in [0.15, 0.2) is 0 Å². The van der Waals surface area contributed by atoms with Gasteiger partial charge in [-0.05, 0) is 49.6 Å². The lowest BCUT2D eigenvalue weighted by Gasteiger charge is -2.10. The van der Waals surface area contributed by atoms with E-state index in [1.54, 1.807) is 50.2 Å². The number of pyridine rings is 2. The van der Waals surface area contributed by atoms with E-state index in [-0.39, 0.29) is 11.8 Å². The summed E-state index contributed by atoms with van der Waals surface area (Å²) < 4.78 is 1.84. The number of hydrogen-bond donors (Lipinski definition) is 2. The van der Waals surface area contributed by atoms with Crippen LogP contribution in [0.2, 0.25) is 0 Å². The molecule has 0 unspecified atom stereocenters. The maximum Gasteiger partial charge on any atom is 0.269 e. The summed E-state index contributed by atoms with van der Waals surface area (Å²) in [5.74, 6) is -0.517. The molecular formula is C24H22N8O2. The van der Waals surface area contributed by atoms with Crippen LogP contribution in [0.5, 0.6) is 0 Å². The molecule has 1 fully saturated rings. The van der Waals surface area contributed by atoms with Crippen molar-refractivity contribution >= 4 is 17.5 Å². The molecule has 2 amide bonds. The average molecular weight is 454 g/mol. The van der Waals surface area contributed by atoms with Gasteiger partial charge in [0, 0.05) is 36.3 Å². The van der Waals surface area contributed by atoms with Crippen LogP contribution in [0.4, 0.5) is 5.69 Å². The molecule has 34 heavy (non-hydrogen) atoms. The Morgan fingerprint density at radius 3 is 2.68 bits per heavy atom. The number of aryl methyl sites for hydroxylation is 1. The smallest absolute Gasteiger partial charge is 0.269 e. The topological polar surface area (TPSA) is 128 Å². The maximum atomic E-state index is 12.7. The largest absolute Gasteiger partial charge is 0.354 e. The third-order valence-corrected chi connectivity index (χ3v) is 5.61. The van der Waals surface area contributed by atoms with Crippen molar-refractivity contribution < 1.29 is 9.59 Å². The van der Waals surface area contributed by atoms with Crippen molar-refractivity contribution in [2.45, 2.75) is 25.8 Å². The minimum Gasteiger partial charge on any atom is -0.354 e. The van der Waals surface area contributed by atoms with Crippen LogP contribution in [0.15, 0.2) is 55.2 Å². The van der Waals surface area contributed by atoms with Crippen molar-refractivity contribution in [2.24, 2.45) is 0 Å². The van der Waals surface area contributed by atoms with E-state index in [0.29, 0.717) is 28.7 Å². The molecule has 1 aliphatic carbocycles. The first kappa shape index (κ1) is 21.4. The van der Waals surface area contributed by atoms with Gasteiger partial charge in [-0.2, -0.15) is 15.3 Å². The van der Waals surface area contributed by atoms with Crippen LogP contribution in [0.25, 0.3) is 22.4 Å². The van der Waals surface area contributed by atoms with Gasteiger partial charge in [0.2, 0.25) is 0 Å². The maximum absolute atomic E-state index is 12.7. The summed E-state index contributed by atoms with van der Waals surface area (Å²) in [6.45, 7) is 1.87. The van der Waals surface area contributed by atoms with Gasteiger partial charge < -0.3 is 10.6 Å². The number of nitrogens with zero attached hydrogens (tertiary/aromatic N) is 6. The fourth-order valence-electron chi connectivity index (χ4n) is 3.58. The Kier molecular flexibility index (Phi) is 5.54. The van der Waals surface area contributed by atoms with Crippen LogP contribution in [0, 0.1) is 6.92 Å². The summed E-state index contributed by atoms with van der Waals surface area (Å²) in [6.07, 6.45) is 10.4. The number of anilines is 1.